The fourth-order valence-electron chi connectivity index (χ4n) is 6.12. The summed E-state index contributed by atoms with van der Waals surface area (Å²) in [6.07, 6.45) is 7.15. The molecule has 2 aromatic carbocycles. The van der Waals surface area contributed by atoms with Crippen LogP contribution in [0.1, 0.15) is 47.6 Å². The van der Waals surface area contributed by atoms with Crippen LogP contribution in [0.3, 0.4) is 0 Å². The second-order valence-corrected chi connectivity index (χ2v) is 10.2. The molecule has 1 aliphatic carbocycles. The van der Waals surface area contributed by atoms with E-state index in [0.717, 1.165) is 30.3 Å². The number of rotatable bonds is 4. The van der Waals surface area contributed by atoms with Crippen molar-refractivity contribution >= 4 is 16.9 Å². The van der Waals surface area contributed by atoms with Gasteiger partial charge in [0.05, 0.1) is 17.3 Å². The molecular formula is C29H25F2N7O. The number of aromatic nitrogens is 6. The first-order valence-corrected chi connectivity index (χ1v) is 13.2. The van der Waals surface area contributed by atoms with Crippen LogP contribution in [-0.4, -0.2) is 53.1 Å². The third-order valence-electron chi connectivity index (χ3n) is 7.94. The predicted molar refractivity (Wildman–Crippen MR) is 141 cm³/mol. The van der Waals surface area contributed by atoms with E-state index in [4.69, 9.17) is 4.98 Å². The van der Waals surface area contributed by atoms with Gasteiger partial charge in [-0.3, -0.25) is 14.9 Å². The molecule has 5 aromatic rings. The van der Waals surface area contributed by atoms with Gasteiger partial charge in [0.15, 0.2) is 5.82 Å². The first-order chi connectivity index (χ1) is 19.1. The molecule has 1 amide bonds. The van der Waals surface area contributed by atoms with Gasteiger partial charge < -0.3 is 9.47 Å². The molecule has 4 heterocycles. The fourth-order valence-corrected chi connectivity index (χ4v) is 6.12. The lowest BCUT2D eigenvalue weighted by molar-refractivity contribution is 0.0584. The summed E-state index contributed by atoms with van der Waals surface area (Å²) in [7, 11) is 0. The van der Waals surface area contributed by atoms with Crippen LogP contribution in [0.25, 0.3) is 33.9 Å². The van der Waals surface area contributed by atoms with Crippen LogP contribution in [0, 0.1) is 11.6 Å². The molecule has 0 unspecified atom stereocenters. The normalized spacial score (nSPS) is 19.4. The van der Waals surface area contributed by atoms with Crippen molar-refractivity contribution < 1.29 is 13.6 Å². The molecule has 1 fully saturated rings. The molecule has 2 atom stereocenters. The van der Waals surface area contributed by atoms with E-state index in [9.17, 15) is 9.18 Å². The number of amides is 1. The number of fused-ring (bicyclic) bond motifs is 2. The number of carbonyl (C=O) groups excluding carboxylic acids is 1. The molecular weight excluding hydrogens is 500 g/mol. The molecule has 0 saturated heterocycles. The molecule has 1 aliphatic heterocycles. The Morgan fingerprint density at radius 2 is 1.85 bits per heavy atom. The standard InChI is InChI=1S/C29H25F2N7O/c30-18-9-8-17-10-11-37(29(39)22(17)12-18)19-4-3-5-20(13-19)38-26-14-24(27-33-16-34-36-27)32-15-25(26)35-28(38)21-6-1-2-7-23(21)31/h1-2,6-9,12,14-16,19-20H,3-5,10-11,13H2,(H,33,34,36)/t19-,20+/m0/s1. The van der Waals surface area contributed by atoms with Gasteiger partial charge in [-0.2, -0.15) is 5.10 Å². The molecule has 7 rings (SSSR count). The SMILES string of the molecule is O=C1c2cc(F)ccc2CCN1[C@H]1CCC[C@@H](n2c(-c3ccccc3F)nc3cnc(-c4nc[nH]n4)cc32)C1. The fraction of sp³-hybridized carbons (Fsp3) is 0.276. The number of hydrogen-bond acceptors (Lipinski definition) is 5. The third kappa shape index (κ3) is 4.07. The predicted octanol–water partition coefficient (Wildman–Crippen LogP) is 5.34. The van der Waals surface area contributed by atoms with Crippen LogP contribution in [0.5, 0.6) is 0 Å². The van der Waals surface area contributed by atoms with Crippen LogP contribution in [0.15, 0.2) is 61.1 Å². The van der Waals surface area contributed by atoms with Crippen molar-refractivity contribution in [3.05, 3.63) is 83.8 Å². The van der Waals surface area contributed by atoms with Gasteiger partial charge in [0.25, 0.3) is 5.91 Å². The zero-order chi connectivity index (χ0) is 26.5. The minimum absolute atomic E-state index is 0.0205. The Morgan fingerprint density at radius 1 is 0.974 bits per heavy atom. The molecule has 0 radical (unpaired) electrons. The Morgan fingerprint density at radius 3 is 2.69 bits per heavy atom. The van der Waals surface area contributed by atoms with Gasteiger partial charge in [0.2, 0.25) is 0 Å². The molecule has 0 spiro atoms. The van der Waals surface area contributed by atoms with Crippen molar-refractivity contribution in [2.45, 2.75) is 44.2 Å². The molecule has 8 nitrogen and oxygen atoms in total. The number of benzene rings is 2. The lowest BCUT2D eigenvalue weighted by Crippen LogP contribution is -2.46. The van der Waals surface area contributed by atoms with E-state index in [1.54, 1.807) is 30.5 Å². The number of H-pyrrole nitrogens is 1. The van der Waals surface area contributed by atoms with Crippen LogP contribution >= 0.6 is 0 Å². The zero-order valence-corrected chi connectivity index (χ0v) is 21.0. The number of pyridine rings is 1. The summed E-state index contributed by atoms with van der Waals surface area (Å²) >= 11 is 0. The summed E-state index contributed by atoms with van der Waals surface area (Å²) in [5.74, 6) is 0.111. The molecule has 3 aromatic heterocycles. The number of nitrogens with one attached hydrogen (secondary N) is 1. The first-order valence-electron chi connectivity index (χ1n) is 13.2. The summed E-state index contributed by atoms with van der Waals surface area (Å²) in [5.41, 5.74) is 3.79. The first kappa shape index (κ1) is 23.6. The maximum atomic E-state index is 15.1. The number of imidazole rings is 1. The molecule has 10 heteroatoms. The third-order valence-corrected chi connectivity index (χ3v) is 7.94. The van der Waals surface area contributed by atoms with Crippen LogP contribution < -0.4 is 0 Å². The molecule has 0 bridgehead atoms. The highest BCUT2D eigenvalue weighted by atomic mass is 19.1. The number of nitrogens with zero attached hydrogens (tertiary/aromatic N) is 6. The van der Waals surface area contributed by atoms with Crippen LogP contribution in [0.2, 0.25) is 0 Å². The van der Waals surface area contributed by atoms with Gasteiger partial charge in [-0.1, -0.05) is 18.2 Å². The Kier molecular flexibility index (Phi) is 5.68. The summed E-state index contributed by atoms with van der Waals surface area (Å²) in [5, 5.41) is 6.88. The minimum Gasteiger partial charge on any atom is -0.335 e. The summed E-state index contributed by atoms with van der Waals surface area (Å²) in [4.78, 5) is 28.9. The quantitative estimate of drug-likeness (QED) is 0.342. The van der Waals surface area contributed by atoms with E-state index >= 15 is 4.39 Å². The maximum Gasteiger partial charge on any atom is 0.254 e. The van der Waals surface area contributed by atoms with Gasteiger partial charge in [0.1, 0.15) is 35.0 Å². The molecule has 39 heavy (non-hydrogen) atoms. The van der Waals surface area contributed by atoms with Crippen molar-refractivity contribution in [2.24, 2.45) is 0 Å². The highest BCUT2D eigenvalue weighted by molar-refractivity contribution is 5.97. The smallest absolute Gasteiger partial charge is 0.254 e. The number of halogens is 2. The lowest BCUT2D eigenvalue weighted by Gasteiger charge is -2.40. The lowest BCUT2D eigenvalue weighted by atomic mass is 9.87. The van der Waals surface area contributed by atoms with Crippen molar-refractivity contribution in [1.29, 1.82) is 0 Å². The van der Waals surface area contributed by atoms with Gasteiger partial charge in [0, 0.05) is 24.2 Å². The van der Waals surface area contributed by atoms with Crippen molar-refractivity contribution in [2.75, 3.05) is 6.54 Å². The Hall–Kier alpha value is -4.47. The van der Waals surface area contributed by atoms with Crippen molar-refractivity contribution in [3.63, 3.8) is 0 Å². The minimum atomic E-state index is -0.402. The van der Waals surface area contributed by atoms with Crippen LogP contribution in [0.4, 0.5) is 8.78 Å². The average molecular weight is 526 g/mol. The summed E-state index contributed by atoms with van der Waals surface area (Å²) < 4.78 is 31.1. The average Bonchev–Trinajstić information content (AvgIpc) is 3.62. The molecule has 2 aliphatic rings. The van der Waals surface area contributed by atoms with E-state index in [-0.39, 0.29) is 23.8 Å². The Labute approximate surface area is 222 Å². The monoisotopic (exact) mass is 525 g/mol. The van der Waals surface area contributed by atoms with E-state index in [1.165, 1.54) is 24.5 Å². The second kappa shape index (κ2) is 9.37. The van der Waals surface area contributed by atoms with Gasteiger partial charge in [-0.25, -0.2) is 18.7 Å². The number of carbonyl (C=O) groups is 1. The van der Waals surface area contributed by atoms with E-state index < -0.39 is 5.82 Å². The largest absolute Gasteiger partial charge is 0.335 e. The molecule has 196 valence electrons. The number of hydrogen-bond donors (Lipinski definition) is 1. The molecule has 1 N–H and O–H groups in total. The van der Waals surface area contributed by atoms with E-state index in [1.807, 2.05) is 11.0 Å². The highest BCUT2D eigenvalue weighted by Crippen LogP contribution is 2.39. The number of aromatic amines is 1. The van der Waals surface area contributed by atoms with Gasteiger partial charge in [-0.15, -0.1) is 0 Å². The van der Waals surface area contributed by atoms with Crippen LogP contribution in [-0.2, 0) is 6.42 Å². The zero-order valence-electron chi connectivity index (χ0n) is 21.0. The Balaban J connectivity index is 1.30. The molecule has 1 saturated carbocycles. The topological polar surface area (TPSA) is 92.6 Å². The van der Waals surface area contributed by atoms with Crippen molar-refractivity contribution in [3.8, 4) is 22.9 Å². The Bertz CT molecular complexity index is 1700. The van der Waals surface area contributed by atoms with Gasteiger partial charge >= 0.3 is 0 Å². The van der Waals surface area contributed by atoms with E-state index in [0.29, 0.717) is 53.4 Å². The summed E-state index contributed by atoms with van der Waals surface area (Å²) in [6, 6.07) is 12.9. The second-order valence-electron chi connectivity index (χ2n) is 10.2. The van der Waals surface area contributed by atoms with Gasteiger partial charge in [-0.05, 0) is 68.0 Å². The highest BCUT2D eigenvalue weighted by Gasteiger charge is 2.35. The maximum absolute atomic E-state index is 15.1. The van der Waals surface area contributed by atoms with Crippen molar-refractivity contribution in [1.82, 2.24) is 34.6 Å². The summed E-state index contributed by atoms with van der Waals surface area (Å²) in [6.45, 7) is 0.596. The van der Waals surface area contributed by atoms with E-state index in [2.05, 4.69) is 24.7 Å².